The summed E-state index contributed by atoms with van der Waals surface area (Å²) in [4.78, 5) is 10.5. The van der Waals surface area contributed by atoms with Crippen molar-refractivity contribution in [3.63, 3.8) is 0 Å². The van der Waals surface area contributed by atoms with Gasteiger partial charge >= 0.3 is 0 Å². The van der Waals surface area contributed by atoms with Crippen molar-refractivity contribution >= 4 is 5.91 Å². The number of nitriles is 1. The van der Waals surface area contributed by atoms with Crippen LogP contribution in [0.2, 0.25) is 0 Å². The van der Waals surface area contributed by atoms with Crippen LogP contribution in [0.5, 0.6) is 0 Å². The number of likely N-dealkylation sites (N-methyl/N-ethyl adjacent to an activating group) is 1. The highest BCUT2D eigenvalue weighted by atomic mass is 16.1. The molecule has 56 valence electrons. The summed E-state index contributed by atoms with van der Waals surface area (Å²) in [7, 11) is 1.58. The Morgan fingerprint density at radius 1 is 1.70 bits per heavy atom. The van der Waals surface area contributed by atoms with E-state index in [9.17, 15) is 4.79 Å². The van der Waals surface area contributed by atoms with Gasteiger partial charge < -0.3 is 10.6 Å². The molecule has 0 heterocycles. The summed E-state index contributed by atoms with van der Waals surface area (Å²) in [5, 5.41) is 13.4. The Balaban J connectivity index is 3.05. The monoisotopic (exact) mass is 141 g/mol. The van der Waals surface area contributed by atoms with Gasteiger partial charge in [-0.15, -0.1) is 0 Å². The lowest BCUT2D eigenvalue weighted by Gasteiger charge is -1.98. The second kappa shape index (κ2) is 6.05. The van der Waals surface area contributed by atoms with Gasteiger partial charge in [-0.2, -0.15) is 5.26 Å². The highest BCUT2D eigenvalue weighted by Crippen LogP contribution is 1.68. The van der Waals surface area contributed by atoms with Gasteiger partial charge in [-0.05, 0) is 0 Å². The zero-order chi connectivity index (χ0) is 7.82. The van der Waals surface area contributed by atoms with Crippen molar-refractivity contribution in [3.8, 4) is 6.07 Å². The molecule has 1 amide bonds. The third-order valence-electron chi connectivity index (χ3n) is 0.978. The average molecular weight is 141 g/mol. The molecule has 0 radical (unpaired) electrons. The van der Waals surface area contributed by atoms with E-state index in [2.05, 4.69) is 10.6 Å². The Kier molecular flexibility index (Phi) is 5.39. The molecule has 0 unspecified atom stereocenters. The lowest BCUT2D eigenvalue weighted by molar-refractivity contribution is -0.119. The van der Waals surface area contributed by atoms with E-state index in [0.29, 0.717) is 13.0 Å². The predicted molar refractivity (Wildman–Crippen MR) is 37.2 cm³/mol. The number of amides is 1. The number of rotatable bonds is 4. The number of carbonyl (C=O) groups is 1. The Hall–Kier alpha value is -1.08. The Bertz CT molecular complexity index is 138. The molecule has 4 nitrogen and oxygen atoms in total. The summed E-state index contributed by atoms with van der Waals surface area (Å²) in [6, 6.07) is 1.97. The highest BCUT2D eigenvalue weighted by Gasteiger charge is 1.93. The zero-order valence-electron chi connectivity index (χ0n) is 5.98. The van der Waals surface area contributed by atoms with E-state index >= 15 is 0 Å². The number of hydrogen-bond donors (Lipinski definition) is 2. The summed E-state index contributed by atoms with van der Waals surface area (Å²) in [5.41, 5.74) is 0. The Labute approximate surface area is 60.2 Å². The van der Waals surface area contributed by atoms with E-state index in [1.165, 1.54) is 0 Å². The first-order valence-corrected chi connectivity index (χ1v) is 3.09. The van der Waals surface area contributed by atoms with Crippen molar-refractivity contribution in [3.05, 3.63) is 0 Å². The van der Waals surface area contributed by atoms with Gasteiger partial charge in [0, 0.05) is 20.0 Å². The number of carbonyl (C=O) groups excluding carboxylic acids is 1. The molecule has 0 fully saturated rings. The maximum atomic E-state index is 10.5. The molecule has 0 saturated heterocycles. The minimum atomic E-state index is -0.0575. The standard InChI is InChI=1S/C6H11N3O/c1-8-6(10)5-9-4-2-3-7/h9H,2,4-5H2,1H3,(H,8,10). The number of nitrogens with zero attached hydrogens (tertiary/aromatic N) is 1. The summed E-state index contributed by atoms with van der Waals surface area (Å²) < 4.78 is 0. The van der Waals surface area contributed by atoms with E-state index in [1.807, 2.05) is 6.07 Å². The molecule has 0 aromatic carbocycles. The molecule has 0 atom stereocenters. The van der Waals surface area contributed by atoms with Crippen LogP contribution in [-0.4, -0.2) is 26.0 Å². The Morgan fingerprint density at radius 3 is 2.90 bits per heavy atom. The normalized spacial score (nSPS) is 8.40. The van der Waals surface area contributed by atoms with Crippen molar-refractivity contribution in [2.45, 2.75) is 6.42 Å². The average Bonchev–Trinajstić information content (AvgIpc) is 1.98. The second-order valence-electron chi connectivity index (χ2n) is 1.76. The van der Waals surface area contributed by atoms with E-state index in [4.69, 9.17) is 5.26 Å². The van der Waals surface area contributed by atoms with Crippen LogP contribution in [0.3, 0.4) is 0 Å². The first kappa shape index (κ1) is 8.92. The second-order valence-corrected chi connectivity index (χ2v) is 1.76. The summed E-state index contributed by atoms with van der Waals surface area (Å²) in [6.07, 6.45) is 0.441. The van der Waals surface area contributed by atoms with Gasteiger partial charge in [-0.3, -0.25) is 4.79 Å². The van der Waals surface area contributed by atoms with Gasteiger partial charge in [0.2, 0.25) is 5.91 Å². The van der Waals surface area contributed by atoms with E-state index < -0.39 is 0 Å². The van der Waals surface area contributed by atoms with Crippen molar-refractivity contribution in [2.75, 3.05) is 20.1 Å². The van der Waals surface area contributed by atoms with Crippen LogP contribution in [-0.2, 0) is 4.79 Å². The molecule has 10 heavy (non-hydrogen) atoms. The first-order chi connectivity index (χ1) is 4.81. The van der Waals surface area contributed by atoms with Gasteiger partial charge in [-0.25, -0.2) is 0 Å². The molecular weight excluding hydrogens is 130 g/mol. The molecule has 0 aromatic rings. The lowest BCUT2D eigenvalue weighted by Crippen LogP contribution is -2.31. The topological polar surface area (TPSA) is 64.9 Å². The van der Waals surface area contributed by atoms with E-state index in [1.54, 1.807) is 7.05 Å². The third-order valence-corrected chi connectivity index (χ3v) is 0.978. The van der Waals surface area contributed by atoms with E-state index in [0.717, 1.165) is 0 Å². The van der Waals surface area contributed by atoms with Crippen molar-refractivity contribution in [1.29, 1.82) is 5.26 Å². The van der Waals surface area contributed by atoms with Crippen LogP contribution in [0.15, 0.2) is 0 Å². The molecule has 0 aliphatic rings. The van der Waals surface area contributed by atoms with Crippen molar-refractivity contribution in [2.24, 2.45) is 0 Å². The molecule has 0 bridgehead atoms. The predicted octanol–water partition coefficient (Wildman–Crippen LogP) is -0.764. The van der Waals surface area contributed by atoms with Gasteiger partial charge in [0.05, 0.1) is 12.6 Å². The maximum absolute atomic E-state index is 10.5. The van der Waals surface area contributed by atoms with Gasteiger partial charge in [0.25, 0.3) is 0 Å². The first-order valence-electron chi connectivity index (χ1n) is 3.09. The van der Waals surface area contributed by atoms with Crippen LogP contribution >= 0.6 is 0 Å². The Morgan fingerprint density at radius 2 is 2.40 bits per heavy atom. The molecule has 0 spiro atoms. The minimum absolute atomic E-state index is 0.0575. The van der Waals surface area contributed by atoms with Crippen LogP contribution < -0.4 is 10.6 Å². The fourth-order valence-corrected chi connectivity index (χ4v) is 0.435. The lowest BCUT2D eigenvalue weighted by atomic mass is 10.4. The maximum Gasteiger partial charge on any atom is 0.233 e. The van der Waals surface area contributed by atoms with Crippen LogP contribution in [0.25, 0.3) is 0 Å². The van der Waals surface area contributed by atoms with Crippen LogP contribution in [0.1, 0.15) is 6.42 Å². The SMILES string of the molecule is CNC(=O)CNCCC#N. The van der Waals surface area contributed by atoms with E-state index in [-0.39, 0.29) is 12.5 Å². The third kappa shape index (κ3) is 5.06. The van der Waals surface area contributed by atoms with Crippen molar-refractivity contribution < 1.29 is 4.79 Å². The van der Waals surface area contributed by atoms with Crippen molar-refractivity contribution in [1.82, 2.24) is 10.6 Å². The summed E-state index contributed by atoms with van der Waals surface area (Å²) >= 11 is 0. The highest BCUT2D eigenvalue weighted by molar-refractivity contribution is 5.77. The fraction of sp³-hybridized carbons (Fsp3) is 0.667. The number of nitrogens with one attached hydrogen (secondary N) is 2. The zero-order valence-corrected chi connectivity index (χ0v) is 5.98. The molecular formula is C6H11N3O. The summed E-state index contributed by atoms with van der Waals surface area (Å²) in [5.74, 6) is -0.0575. The van der Waals surface area contributed by atoms with Crippen LogP contribution in [0, 0.1) is 11.3 Å². The number of hydrogen-bond acceptors (Lipinski definition) is 3. The molecule has 4 heteroatoms. The molecule has 0 saturated carbocycles. The van der Waals surface area contributed by atoms with Crippen LogP contribution in [0.4, 0.5) is 0 Å². The smallest absolute Gasteiger partial charge is 0.233 e. The molecule has 0 rings (SSSR count). The molecule has 2 N–H and O–H groups in total. The molecule has 0 aliphatic heterocycles. The minimum Gasteiger partial charge on any atom is -0.358 e. The molecule has 0 aromatic heterocycles. The largest absolute Gasteiger partial charge is 0.358 e. The summed E-state index contributed by atoms with van der Waals surface area (Å²) in [6.45, 7) is 0.863. The molecule has 0 aliphatic carbocycles. The van der Waals surface area contributed by atoms with Gasteiger partial charge in [0.15, 0.2) is 0 Å². The quantitative estimate of drug-likeness (QED) is 0.505. The van der Waals surface area contributed by atoms with Gasteiger partial charge in [0.1, 0.15) is 0 Å². The van der Waals surface area contributed by atoms with Gasteiger partial charge in [-0.1, -0.05) is 0 Å². The fourth-order valence-electron chi connectivity index (χ4n) is 0.435.